The summed E-state index contributed by atoms with van der Waals surface area (Å²) in [5.74, 6) is -0.448. The highest BCUT2D eigenvalue weighted by Crippen LogP contribution is 2.28. The maximum atomic E-state index is 13.6. The van der Waals surface area contributed by atoms with Crippen LogP contribution in [0.2, 0.25) is 0 Å². The molecule has 0 aliphatic heterocycles. The number of ether oxygens (including phenoxy) is 1. The Hall–Kier alpha value is -1.91. The third-order valence-electron chi connectivity index (χ3n) is 3.22. The van der Waals surface area contributed by atoms with Crippen LogP contribution in [0.3, 0.4) is 0 Å². The summed E-state index contributed by atoms with van der Waals surface area (Å²) in [6.45, 7) is 8.50. The van der Waals surface area contributed by atoms with Gasteiger partial charge in [-0.1, -0.05) is 6.07 Å². The lowest BCUT2D eigenvalue weighted by molar-refractivity contribution is -0.117. The number of rotatable bonds is 3. The molecule has 0 aliphatic carbocycles. The van der Waals surface area contributed by atoms with Crippen molar-refractivity contribution in [2.75, 3.05) is 7.05 Å². The second-order valence-electron chi connectivity index (χ2n) is 6.32. The predicted octanol–water partition coefficient (Wildman–Crippen LogP) is 3.42. The summed E-state index contributed by atoms with van der Waals surface area (Å²) in [5, 5.41) is 0. The topological polar surface area (TPSA) is 46.6 Å². The molecule has 0 aromatic heterocycles. The zero-order valence-corrected chi connectivity index (χ0v) is 13.4. The minimum atomic E-state index is -1.30. The molecule has 116 valence electrons. The van der Waals surface area contributed by atoms with Gasteiger partial charge in [-0.05, 0) is 57.9 Å². The van der Waals surface area contributed by atoms with Crippen molar-refractivity contribution < 1.29 is 18.7 Å². The van der Waals surface area contributed by atoms with Gasteiger partial charge in [-0.2, -0.15) is 0 Å². The van der Waals surface area contributed by atoms with Crippen molar-refractivity contribution in [3.05, 3.63) is 35.1 Å². The third-order valence-corrected chi connectivity index (χ3v) is 3.22. The van der Waals surface area contributed by atoms with Crippen molar-refractivity contribution >= 4 is 12.4 Å². The molecule has 21 heavy (non-hydrogen) atoms. The van der Waals surface area contributed by atoms with Gasteiger partial charge in [0.15, 0.2) is 0 Å². The first-order valence-corrected chi connectivity index (χ1v) is 6.70. The molecule has 0 fully saturated rings. The normalized spacial score (nSPS) is 14.2. The molecule has 1 atom stereocenters. The molecule has 0 aliphatic rings. The standard InChI is InChI=1S/C16H22FNO3/c1-11-7-12(9-13(17)8-11)16(5,10-19)18(6)14(20)21-15(2,3)4/h7-10H,1-6H3. The number of carbonyl (C=O) groups excluding carboxylic acids is 2. The average molecular weight is 295 g/mol. The number of benzene rings is 1. The van der Waals surface area contributed by atoms with Crippen LogP contribution in [0.1, 0.15) is 38.8 Å². The lowest BCUT2D eigenvalue weighted by Gasteiger charge is -2.35. The molecule has 1 unspecified atom stereocenters. The molecule has 1 amide bonds. The molecule has 5 heteroatoms. The van der Waals surface area contributed by atoms with Gasteiger partial charge in [-0.15, -0.1) is 0 Å². The van der Waals surface area contributed by atoms with Crippen molar-refractivity contribution in [1.82, 2.24) is 4.90 Å². The van der Waals surface area contributed by atoms with Crippen LogP contribution < -0.4 is 0 Å². The second kappa shape index (κ2) is 5.84. The van der Waals surface area contributed by atoms with E-state index in [0.717, 1.165) is 0 Å². The summed E-state index contributed by atoms with van der Waals surface area (Å²) in [6.07, 6.45) is -0.0236. The number of nitrogens with zero attached hydrogens (tertiary/aromatic N) is 1. The minimum absolute atomic E-state index is 0.406. The zero-order valence-electron chi connectivity index (χ0n) is 13.4. The Kier molecular flexibility index (Phi) is 4.76. The van der Waals surface area contributed by atoms with Gasteiger partial charge >= 0.3 is 6.09 Å². The fourth-order valence-electron chi connectivity index (χ4n) is 1.89. The van der Waals surface area contributed by atoms with Crippen molar-refractivity contribution in [2.24, 2.45) is 0 Å². The van der Waals surface area contributed by atoms with Crippen LogP contribution in [0.5, 0.6) is 0 Å². The molecule has 1 aromatic rings. The van der Waals surface area contributed by atoms with Gasteiger partial charge < -0.3 is 9.53 Å². The molecule has 0 spiro atoms. The molecule has 0 N–H and O–H groups in total. The van der Waals surface area contributed by atoms with Crippen molar-refractivity contribution in [1.29, 1.82) is 0 Å². The molecule has 0 heterocycles. The molecular formula is C16H22FNO3. The van der Waals surface area contributed by atoms with E-state index in [4.69, 9.17) is 4.74 Å². The Morgan fingerprint density at radius 3 is 2.24 bits per heavy atom. The number of likely N-dealkylation sites (N-methyl/N-ethyl adjacent to an activating group) is 1. The number of hydrogen-bond donors (Lipinski definition) is 0. The van der Waals surface area contributed by atoms with Crippen molar-refractivity contribution in [3.63, 3.8) is 0 Å². The summed E-state index contributed by atoms with van der Waals surface area (Å²) in [7, 11) is 1.46. The number of hydrogen-bond acceptors (Lipinski definition) is 3. The van der Waals surface area contributed by atoms with Gasteiger partial charge in [0.25, 0.3) is 0 Å². The van der Waals surface area contributed by atoms with Crippen molar-refractivity contribution in [3.8, 4) is 0 Å². The maximum Gasteiger partial charge on any atom is 0.411 e. The predicted molar refractivity (Wildman–Crippen MR) is 78.6 cm³/mol. The average Bonchev–Trinajstić information content (AvgIpc) is 2.33. The summed E-state index contributed by atoms with van der Waals surface area (Å²) >= 11 is 0. The van der Waals surface area contributed by atoms with Gasteiger partial charge in [-0.25, -0.2) is 9.18 Å². The Bertz CT molecular complexity index is 531. The number of carbonyl (C=O) groups is 2. The zero-order chi connectivity index (χ0) is 16.4. The van der Waals surface area contributed by atoms with Crippen LogP contribution in [-0.2, 0) is 15.1 Å². The fraction of sp³-hybridized carbons (Fsp3) is 0.500. The molecule has 0 bridgehead atoms. The Balaban J connectivity index is 3.19. The van der Waals surface area contributed by atoms with Gasteiger partial charge in [0.1, 0.15) is 23.2 Å². The van der Waals surface area contributed by atoms with E-state index >= 15 is 0 Å². The highest BCUT2D eigenvalue weighted by molar-refractivity contribution is 5.78. The molecule has 0 saturated carbocycles. The smallest absolute Gasteiger partial charge is 0.411 e. The summed E-state index contributed by atoms with van der Waals surface area (Å²) in [6, 6.07) is 4.29. The number of aryl methyl sites for hydroxylation is 1. The lowest BCUT2D eigenvalue weighted by atomic mass is 9.91. The van der Waals surface area contributed by atoms with E-state index < -0.39 is 23.1 Å². The first-order chi connectivity index (χ1) is 9.49. The highest BCUT2D eigenvalue weighted by atomic mass is 19.1. The summed E-state index contributed by atoms with van der Waals surface area (Å²) in [4.78, 5) is 24.9. The molecule has 1 rings (SSSR count). The summed E-state index contributed by atoms with van der Waals surface area (Å²) < 4.78 is 18.8. The van der Waals surface area contributed by atoms with Crippen LogP contribution in [0, 0.1) is 12.7 Å². The number of amides is 1. The Morgan fingerprint density at radius 2 is 1.81 bits per heavy atom. The van der Waals surface area contributed by atoms with Crippen LogP contribution in [0.25, 0.3) is 0 Å². The molecular weight excluding hydrogens is 273 g/mol. The van der Waals surface area contributed by atoms with Gasteiger partial charge in [0.2, 0.25) is 0 Å². The first kappa shape index (κ1) is 17.1. The maximum absolute atomic E-state index is 13.6. The number of halogens is 1. The lowest BCUT2D eigenvalue weighted by Crippen LogP contribution is -2.48. The van der Waals surface area contributed by atoms with E-state index in [2.05, 4.69) is 0 Å². The Morgan fingerprint density at radius 1 is 1.24 bits per heavy atom. The molecule has 1 aromatic carbocycles. The van der Waals surface area contributed by atoms with Crippen LogP contribution in [0.4, 0.5) is 9.18 Å². The fourth-order valence-corrected chi connectivity index (χ4v) is 1.89. The van der Waals surface area contributed by atoms with E-state index in [-0.39, 0.29) is 0 Å². The molecule has 0 saturated heterocycles. The quantitative estimate of drug-likeness (QED) is 0.803. The largest absolute Gasteiger partial charge is 0.444 e. The SMILES string of the molecule is Cc1cc(F)cc(C(C)(C=O)N(C)C(=O)OC(C)(C)C)c1. The third kappa shape index (κ3) is 4.03. The van der Waals surface area contributed by atoms with Crippen molar-refractivity contribution in [2.45, 2.75) is 45.8 Å². The van der Waals surface area contributed by atoms with Gasteiger partial charge in [0, 0.05) is 7.05 Å². The monoisotopic (exact) mass is 295 g/mol. The summed E-state index contributed by atoms with van der Waals surface area (Å²) in [5.41, 5.74) is -0.888. The first-order valence-electron chi connectivity index (χ1n) is 6.70. The molecule has 4 nitrogen and oxygen atoms in total. The van der Waals surface area contributed by atoms with Crippen LogP contribution in [-0.4, -0.2) is 29.9 Å². The number of aldehydes is 1. The van der Waals surface area contributed by atoms with Crippen LogP contribution >= 0.6 is 0 Å². The minimum Gasteiger partial charge on any atom is -0.444 e. The van der Waals surface area contributed by atoms with Crippen LogP contribution in [0.15, 0.2) is 18.2 Å². The van der Waals surface area contributed by atoms with Gasteiger partial charge in [0.05, 0.1) is 0 Å². The molecule has 0 radical (unpaired) electrons. The van der Waals surface area contributed by atoms with E-state index in [1.807, 2.05) is 0 Å². The van der Waals surface area contributed by atoms with E-state index in [0.29, 0.717) is 17.4 Å². The van der Waals surface area contributed by atoms with Gasteiger partial charge in [-0.3, -0.25) is 4.90 Å². The van der Waals surface area contributed by atoms with E-state index in [9.17, 15) is 14.0 Å². The van der Waals surface area contributed by atoms with E-state index in [1.54, 1.807) is 40.7 Å². The second-order valence-corrected chi connectivity index (χ2v) is 6.32. The Labute approximate surface area is 124 Å². The highest BCUT2D eigenvalue weighted by Gasteiger charge is 2.37. The van der Waals surface area contributed by atoms with E-state index in [1.165, 1.54) is 24.1 Å².